The highest BCUT2D eigenvalue weighted by Gasteiger charge is 2.28. The summed E-state index contributed by atoms with van der Waals surface area (Å²) in [6.07, 6.45) is 6.69. The molecular weight excluding hydrogens is 280 g/mol. The second kappa shape index (κ2) is 7.38. The van der Waals surface area contributed by atoms with Crippen LogP contribution in [0.15, 0.2) is 24.3 Å². The first kappa shape index (κ1) is 18.5. The molecule has 1 heteroatoms. The summed E-state index contributed by atoms with van der Waals surface area (Å²) in [6.45, 7) is 14.7. The van der Waals surface area contributed by atoms with Gasteiger partial charge in [-0.15, -0.1) is 0 Å². The van der Waals surface area contributed by atoms with Crippen LogP contribution in [0, 0.1) is 5.41 Å². The Morgan fingerprint density at radius 3 is 1.96 bits per heavy atom. The first-order valence-electron chi connectivity index (χ1n) is 9.43. The Morgan fingerprint density at radius 2 is 1.48 bits per heavy atom. The zero-order valence-corrected chi connectivity index (χ0v) is 16.1. The number of ether oxygens (including phenoxy) is 1. The van der Waals surface area contributed by atoms with Crippen LogP contribution in [0.3, 0.4) is 0 Å². The van der Waals surface area contributed by atoms with Crippen LogP contribution in [0.2, 0.25) is 0 Å². The Bertz CT molecular complexity index is 470. The molecule has 0 unspecified atom stereocenters. The third-order valence-electron chi connectivity index (χ3n) is 5.21. The van der Waals surface area contributed by atoms with Crippen molar-refractivity contribution < 1.29 is 4.74 Å². The first-order valence-corrected chi connectivity index (χ1v) is 9.43. The summed E-state index contributed by atoms with van der Waals surface area (Å²) >= 11 is 0. The first-order chi connectivity index (χ1) is 10.7. The molecule has 23 heavy (non-hydrogen) atoms. The van der Waals surface area contributed by atoms with Crippen LogP contribution in [0.25, 0.3) is 0 Å². The summed E-state index contributed by atoms with van der Waals surface area (Å²) < 4.78 is 5.78. The van der Waals surface area contributed by atoms with Gasteiger partial charge in [-0.05, 0) is 66.9 Å². The van der Waals surface area contributed by atoms with Crippen LogP contribution < -0.4 is 0 Å². The van der Waals surface area contributed by atoms with Gasteiger partial charge in [0.25, 0.3) is 0 Å². The molecule has 1 aliphatic carbocycles. The van der Waals surface area contributed by atoms with E-state index >= 15 is 0 Å². The van der Waals surface area contributed by atoms with Gasteiger partial charge in [-0.25, -0.2) is 0 Å². The normalized spacial score (nSPS) is 23.0. The standard InChI is InChI=1S/C22H36O/c1-7-23-20-14-10-18(11-15-20)17-8-12-19(13-9-17)22(5,6)16-21(2,3)4/h8-9,12-13,18,20H,7,10-11,14-16H2,1-6H3. The quantitative estimate of drug-likeness (QED) is 0.605. The van der Waals surface area contributed by atoms with Gasteiger partial charge >= 0.3 is 0 Å². The highest BCUT2D eigenvalue weighted by molar-refractivity contribution is 5.30. The van der Waals surface area contributed by atoms with E-state index in [-0.39, 0.29) is 5.41 Å². The van der Waals surface area contributed by atoms with Gasteiger partial charge < -0.3 is 4.74 Å². The van der Waals surface area contributed by atoms with E-state index in [0.29, 0.717) is 11.5 Å². The Balaban J connectivity index is 2.00. The molecule has 0 heterocycles. The fraction of sp³-hybridized carbons (Fsp3) is 0.727. The summed E-state index contributed by atoms with van der Waals surface area (Å²) in [6, 6.07) is 9.50. The van der Waals surface area contributed by atoms with Gasteiger partial charge in [-0.1, -0.05) is 58.9 Å². The summed E-state index contributed by atoms with van der Waals surface area (Å²) in [7, 11) is 0. The average Bonchev–Trinajstić information content (AvgIpc) is 2.46. The van der Waals surface area contributed by atoms with Crippen molar-refractivity contribution in [1.82, 2.24) is 0 Å². The molecule has 0 aliphatic heterocycles. The minimum atomic E-state index is 0.239. The summed E-state index contributed by atoms with van der Waals surface area (Å²) in [5.41, 5.74) is 3.60. The van der Waals surface area contributed by atoms with E-state index in [0.717, 1.165) is 12.5 Å². The number of hydrogen-bond donors (Lipinski definition) is 0. The maximum atomic E-state index is 5.78. The van der Waals surface area contributed by atoms with Crippen molar-refractivity contribution in [1.29, 1.82) is 0 Å². The fourth-order valence-corrected chi connectivity index (χ4v) is 4.43. The smallest absolute Gasteiger partial charge is 0.0575 e. The lowest BCUT2D eigenvalue weighted by atomic mass is 9.72. The second-order valence-corrected chi connectivity index (χ2v) is 9.17. The molecule has 130 valence electrons. The van der Waals surface area contributed by atoms with E-state index in [9.17, 15) is 0 Å². The second-order valence-electron chi connectivity index (χ2n) is 9.17. The average molecular weight is 317 g/mol. The molecular formula is C22H36O. The number of hydrogen-bond acceptors (Lipinski definition) is 1. The van der Waals surface area contributed by atoms with Gasteiger partial charge in [0.05, 0.1) is 6.10 Å². The number of benzene rings is 1. The molecule has 0 N–H and O–H groups in total. The van der Waals surface area contributed by atoms with Crippen LogP contribution in [0.4, 0.5) is 0 Å². The molecule has 1 aliphatic rings. The fourth-order valence-electron chi connectivity index (χ4n) is 4.43. The maximum absolute atomic E-state index is 5.78. The van der Waals surface area contributed by atoms with E-state index in [4.69, 9.17) is 4.74 Å². The van der Waals surface area contributed by atoms with Crippen molar-refractivity contribution in [3.05, 3.63) is 35.4 Å². The minimum absolute atomic E-state index is 0.239. The van der Waals surface area contributed by atoms with Gasteiger partial charge in [0, 0.05) is 6.61 Å². The lowest BCUT2D eigenvalue weighted by molar-refractivity contribution is 0.0328. The van der Waals surface area contributed by atoms with Gasteiger partial charge in [0.1, 0.15) is 0 Å². The van der Waals surface area contributed by atoms with E-state index in [1.165, 1.54) is 43.2 Å². The van der Waals surface area contributed by atoms with Crippen molar-refractivity contribution in [2.24, 2.45) is 5.41 Å². The van der Waals surface area contributed by atoms with Crippen LogP contribution in [-0.2, 0) is 10.2 Å². The Morgan fingerprint density at radius 1 is 0.913 bits per heavy atom. The third-order valence-corrected chi connectivity index (χ3v) is 5.21. The third kappa shape index (κ3) is 5.35. The van der Waals surface area contributed by atoms with E-state index in [1.54, 1.807) is 0 Å². The van der Waals surface area contributed by atoms with Crippen molar-refractivity contribution >= 4 is 0 Å². The van der Waals surface area contributed by atoms with E-state index in [2.05, 4.69) is 65.8 Å². The Hall–Kier alpha value is -0.820. The summed E-state index contributed by atoms with van der Waals surface area (Å²) in [5.74, 6) is 0.728. The molecule has 0 amide bonds. The molecule has 1 aromatic carbocycles. The highest BCUT2D eigenvalue weighted by atomic mass is 16.5. The topological polar surface area (TPSA) is 9.23 Å². The predicted octanol–water partition coefficient (Wildman–Crippen LogP) is 6.46. The van der Waals surface area contributed by atoms with Crippen LogP contribution in [-0.4, -0.2) is 12.7 Å². The molecule has 0 radical (unpaired) electrons. The lowest BCUT2D eigenvalue weighted by Gasteiger charge is -2.33. The van der Waals surface area contributed by atoms with Crippen molar-refractivity contribution in [2.45, 2.75) is 91.1 Å². The molecule has 0 atom stereocenters. The van der Waals surface area contributed by atoms with E-state index < -0.39 is 0 Å². The minimum Gasteiger partial charge on any atom is -0.379 e. The zero-order valence-electron chi connectivity index (χ0n) is 16.1. The van der Waals surface area contributed by atoms with Crippen LogP contribution >= 0.6 is 0 Å². The van der Waals surface area contributed by atoms with Gasteiger partial charge in [0.15, 0.2) is 0 Å². The lowest BCUT2D eigenvalue weighted by Crippen LogP contribution is -2.25. The molecule has 1 nitrogen and oxygen atoms in total. The SMILES string of the molecule is CCOC1CCC(c2ccc(C(C)(C)CC(C)(C)C)cc2)CC1. The molecule has 1 fully saturated rings. The largest absolute Gasteiger partial charge is 0.379 e. The Kier molecular flexibility index (Phi) is 5.94. The molecule has 2 rings (SSSR count). The summed E-state index contributed by atoms with van der Waals surface area (Å²) in [5, 5.41) is 0. The molecule has 0 spiro atoms. The van der Waals surface area contributed by atoms with Crippen LogP contribution in [0.5, 0.6) is 0 Å². The Labute approximate surface area is 143 Å². The van der Waals surface area contributed by atoms with Gasteiger partial charge in [-0.2, -0.15) is 0 Å². The zero-order chi connectivity index (χ0) is 17.1. The highest BCUT2D eigenvalue weighted by Crippen LogP contribution is 2.38. The molecule has 1 aromatic rings. The molecule has 0 bridgehead atoms. The molecule has 1 saturated carbocycles. The number of rotatable bonds is 5. The van der Waals surface area contributed by atoms with Crippen molar-refractivity contribution in [3.8, 4) is 0 Å². The molecule has 0 aromatic heterocycles. The monoisotopic (exact) mass is 316 g/mol. The predicted molar refractivity (Wildman–Crippen MR) is 100 cm³/mol. The van der Waals surface area contributed by atoms with Crippen molar-refractivity contribution in [2.75, 3.05) is 6.61 Å². The van der Waals surface area contributed by atoms with Gasteiger partial charge in [0.2, 0.25) is 0 Å². The van der Waals surface area contributed by atoms with E-state index in [1.807, 2.05) is 0 Å². The van der Waals surface area contributed by atoms with Crippen LogP contribution in [0.1, 0.15) is 90.7 Å². The maximum Gasteiger partial charge on any atom is 0.0575 e. The summed E-state index contributed by atoms with van der Waals surface area (Å²) in [4.78, 5) is 0. The van der Waals surface area contributed by atoms with Crippen molar-refractivity contribution in [3.63, 3.8) is 0 Å². The molecule has 0 saturated heterocycles. The van der Waals surface area contributed by atoms with Gasteiger partial charge in [-0.3, -0.25) is 0 Å².